The Bertz CT molecular complexity index is 1370. The number of pyridine rings is 1. The van der Waals surface area contributed by atoms with Crippen molar-refractivity contribution in [1.82, 2.24) is 15.7 Å². The Labute approximate surface area is 200 Å². The zero-order chi connectivity index (χ0) is 23.8. The molecule has 2 aromatic carbocycles. The number of aromatic carboxylic acids is 1. The molecule has 0 fully saturated rings. The predicted molar refractivity (Wildman–Crippen MR) is 129 cm³/mol. The Morgan fingerprint density at radius 1 is 1.15 bits per heavy atom. The Hall–Kier alpha value is -3.41. The van der Waals surface area contributed by atoms with Crippen LogP contribution in [0.2, 0.25) is 5.02 Å². The lowest BCUT2D eigenvalue weighted by Crippen LogP contribution is -2.41. The van der Waals surface area contributed by atoms with E-state index in [-0.39, 0.29) is 26.4 Å². The van der Waals surface area contributed by atoms with Gasteiger partial charge in [0.15, 0.2) is 10.9 Å². The minimum Gasteiger partial charge on any atom is -0.478 e. The summed E-state index contributed by atoms with van der Waals surface area (Å²) >= 11 is 11.5. The van der Waals surface area contributed by atoms with E-state index < -0.39 is 22.0 Å². The van der Waals surface area contributed by atoms with Crippen molar-refractivity contribution in [3.05, 3.63) is 82.5 Å². The molecule has 1 aromatic heterocycles. The maximum atomic E-state index is 13.2. The third kappa shape index (κ3) is 4.30. The van der Waals surface area contributed by atoms with E-state index in [1.807, 2.05) is 12.1 Å². The molecule has 1 aliphatic heterocycles. The van der Waals surface area contributed by atoms with Crippen LogP contribution in [0.1, 0.15) is 27.5 Å². The van der Waals surface area contributed by atoms with Gasteiger partial charge in [-0.2, -0.15) is 0 Å². The summed E-state index contributed by atoms with van der Waals surface area (Å²) in [5, 5.41) is 12.4. The lowest BCUT2D eigenvalue weighted by Gasteiger charge is -2.23. The van der Waals surface area contributed by atoms with E-state index in [9.17, 15) is 13.2 Å². The van der Waals surface area contributed by atoms with Crippen molar-refractivity contribution in [1.29, 1.82) is 0 Å². The number of para-hydroxylation sites is 1. The highest BCUT2D eigenvalue weighted by atomic mass is 35.5. The number of hydrogen-bond donors (Lipinski definition) is 4. The van der Waals surface area contributed by atoms with Crippen molar-refractivity contribution in [2.75, 3.05) is 16.8 Å². The molecule has 4 N–H and O–H groups in total. The predicted octanol–water partition coefficient (Wildman–Crippen LogP) is 3.15. The van der Waals surface area contributed by atoms with Gasteiger partial charge in [0, 0.05) is 18.8 Å². The summed E-state index contributed by atoms with van der Waals surface area (Å²) in [5.41, 5.74) is 7.24. The molecule has 0 radical (unpaired) electrons. The first-order valence-corrected chi connectivity index (χ1v) is 11.8. The molecule has 0 aliphatic carbocycles. The van der Waals surface area contributed by atoms with Crippen LogP contribution in [-0.4, -0.2) is 36.6 Å². The van der Waals surface area contributed by atoms with Gasteiger partial charge < -0.3 is 10.4 Å². The minimum absolute atomic E-state index is 0.0525. The summed E-state index contributed by atoms with van der Waals surface area (Å²) < 4.78 is 27.7. The number of halogens is 1. The molecule has 12 heteroatoms. The number of carboxylic acids is 1. The molecule has 4 rings (SSSR count). The van der Waals surface area contributed by atoms with Crippen LogP contribution in [-0.2, 0) is 10.0 Å². The van der Waals surface area contributed by atoms with Crippen molar-refractivity contribution in [2.24, 2.45) is 0 Å². The number of fused-ring (bicyclic) bond motifs is 2. The van der Waals surface area contributed by atoms with Crippen LogP contribution in [0, 0.1) is 0 Å². The van der Waals surface area contributed by atoms with Crippen molar-refractivity contribution < 1.29 is 18.3 Å². The van der Waals surface area contributed by atoms with E-state index in [1.165, 1.54) is 17.4 Å². The fraction of sp³-hybridized carbons (Fsp3) is 0.0952. The molecule has 9 nitrogen and oxygen atoms in total. The number of nitrogens with zero attached hydrogens (tertiary/aromatic N) is 2. The Balaban J connectivity index is 1.63. The van der Waals surface area contributed by atoms with Crippen LogP contribution in [0.15, 0.2) is 65.7 Å². The summed E-state index contributed by atoms with van der Waals surface area (Å²) in [6, 6.07) is 14.6. The second-order valence-electron chi connectivity index (χ2n) is 7.09. The fourth-order valence-corrected chi connectivity index (χ4v) is 5.34. The minimum atomic E-state index is -3.77. The average molecular weight is 504 g/mol. The van der Waals surface area contributed by atoms with Gasteiger partial charge in [-0.3, -0.25) is 15.2 Å². The van der Waals surface area contributed by atoms with Crippen LogP contribution < -0.4 is 20.5 Å². The van der Waals surface area contributed by atoms with E-state index in [0.29, 0.717) is 11.3 Å². The maximum Gasteiger partial charge on any atom is 0.337 e. The molecule has 33 heavy (non-hydrogen) atoms. The third-order valence-electron chi connectivity index (χ3n) is 5.11. The van der Waals surface area contributed by atoms with Gasteiger partial charge in [-0.05, 0) is 36.0 Å². The zero-order valence-corrected chi connectivity index (χ0v) is 19.5. The van der Waals surface area contributed by atoms with Gasteiger partial charge in [0.05, 0.1) is 27.2 Å². The average Bonchev–Trinajstić information content (AvgIpc) is 2.87. The normalized spacial score (nSPS) is 16.1. The molecule has 0 amide bonds. The molecular formula is C21H18ClN5O4S2. The molecule has 0 saturated carbocycles. The van der Waals surface area contributed by atoms with Gasteiger partial charge in [0.25, 0.3) is 10.0 Å². The molecule has 1 unspecified atom stereocenters. The van der Waals surface area contributed by atoms with Crippen LogP contribution in [0.25, 0.3) is 0 Å². The molecule has 1 atom stereocenters. The SMILES string of the molecule is CN1c2ccccc2C(NC(=S)NNc2ncc(C(=O)O)cc2Cl)c2ccccc2S1(=O)=O. The monoisotopic (exact) mass is 503 g/mol. The van der Waals surface area contributed by atoms with Gasteiger partial charge in [-0.15, -0.1) is 0 Å². The third-order valence-corrected chi connectivity index (χ3v) is 7.47. The molecule has 3 aromatic rings. The van der Waals surface area contributed by atoms with E-state index in [0.717, 1.165) is 11.8 Å². The molecule has 0 spiro atoms. The molecule has 2 heterocycles. The van der Waals surface area contributed by atoms with Gasteiger partial charge in [0.2, 0.25) is 0 Å². The Morgan fingerprint density at radius 2 is 1.82 bits per heavy atom. The largest absolute Gasteiger partial charge is 0.478 e. The molecular weight excluding hydrogens is 486 g/mol. The van der Waals surface area contributed by atoms with Crippen molar-refractivity contribution in [3.8, 4) is 0 Å². The van der Waals surface area contributed by atoms with Crippen LogP contribution >= 0.6 is 23.8 Å². The van der Waals surface area contributed by atoms with Crippen LogP contribution in [0.5, 0.6) is 0 Å². The maximum absolute atomic E-state index is 13.2. The van der Waals surface area contributed by atoms with Gasteiger partial charge in [0.1, 0.15) is 0 Å². The number of anilines is 2. The van der Waals surface area contributed by atoms with Gasteiger partial charge >= 0.3 is 5.97 Å². The van der Waals surface area contributed by atoms with Crippen LogP contribution in [0.4, 0.5) is 11.5 Å². The Morgan fingerprint density at radius 3 is 2.52 bits per heavy atom. The van der Waals surface area contributed by atoms with E-state index >= 15 is 0 Å². The summed E-state index contributed by atoms with van der Waals surface area (Å²) in [4.78, 5) is 15.2. The number of aromatic nitrogens is 1. The lowest BCUT2D eigenvalue weighted by atomic mass is 9.97. The highest BCUT2D eigenvalue weighted by Gasteiger charge is 2.34. The summed E-state index contributed by atoms with van der Waals surface area (Å²) in [6.07, 6.45) is 1.16. The summed E-state index contributed by atoms with van der Waals surface area (Å²) in [5.74, 6) is -0.971. The summed E-state index contributed by atoms with van der Waals surface area (Å²) in [6.45, 7) is 0. The van der Waals surface area contributed by atoms with E-state index in [2.05, 4.69) is 21.2 Å². The van der Waals surface area contributed by atoms with Crippen molar-refractivity contribution >= 4 is 56.4 Å². The summed E-state index contributed by atoms with van der Waals surface area (Å²) in [7, 11) is -2.26. The zero-order valence-electron chi connectivity index (χ0n) is 17.1. The first-order valence-electron chi connectivity index (χ1n) is 9.58. The number of hydrogen-bond acceptors (Lipinski definition) is 6. The number of rotatable bonds is 4. The van der Waals surface area contributed by atoms with Crippen LogP contribution in [0.3, 0.4) is 0 Å². The second-order valence-corrected chi connectivity index (χ2v) is 9.84. The van der Waals surface area contributed by atoms with Gasteiger partial charge in [-0.25, -0.2) is 18.2 Å². The van der Waals surface area contributed by atoms with Crippen molar-refractivity contribution in [2.45, 2.75) is 10.9 Å². The van der Waals surface area contributed by atoms with Crippen molar-refractivity contribution in [3.63, 3.8) is 0 Å². The number of benzene rings is 2. The standard InChI is InChI=1S/C21H18ClN5O4S2/c1-27-16-8-4-2-6-13(16)18(14-7-3-5-9-17(14)33(27,30)31)24-21(32)26-25-19-15(22)10-12(11-23-19)20(28)29/h2-11,18H,1H3,(H,23,25)(H,28,29)(H2,24,26,32). The smallest absolute Gasteiger partial charge is 0.337 e. The molecule has 170 valence electrons. The fourth-order valence-electron chi connectivity index (χ4n) is 3.50. The molecule has 1 aliphatic rings. The number of thiocarbonyl (C=S) groups is 1. The van der Waals surface area contributed by atoms with E-state index in [4.69, 9.17) is 28.9 Å². The topological polar surface area (TPSA) is 124 Å². The molecule has 0 bridgehead atoms. The quantitative estimate of drug-likeness (QED) is 0.314. The Kier molecular flexibility index (Phi) is 6.11. The number of hydrazine groups is 1. The highest BCUT2D eigenvalue weighted by Crippen LogP contribution is 2.39. The number of carbonyl (C=O) groups is 1. The number of sulfonamides is 1. The molecule has 0 saturated heterocycles. The lowest BCUT2D eigenvalue weighted by molar-refractivity contribution is 0.0696. The highest BCUT2D eigenvalue weighted by molar-refractivity contribution is 7.92. The van der Waals surface area contributed by atoms with E-state index in [1.54, 1.807) is 36.4 Å². The second kappa shape index (κ2) is 8.85. The number of nitrogens with one attached hydrogen (secondary N) is 3. The first kappa shape index (κ1) is 22.8. The first-order chi connectivity index (χ1) is 15.7. The van der Waals surface area contributed by atoms with Gasteiger partial charge in [-0.1, -0.05) is 48.0 Å². The number of carboxylic acid groups (broad SMARTS) is 1.